The van der Waals surface area contributed by atoms with Gasteiger partial charge in [-0.05, 0) is 12.5 Å². The summed E-state index contributed by atoms with van der Waals surface area (Å²) in [5.74, 6) is 0. The van der Waals surface area contributed by atoms with Crippen LogP contribution < -0.4 is 0 Å². The smallest absolute Gasteiger partial charge is 0.258 e. The molecule has 1 rings (SSSR count). The van der Waals surface area contributed by atoms with Crippen LogP contribution in [0.1, 0.15) is 6.93 Å². The summed E-state index contributed by atoms with van der Waals surface area (Å²) in [7, 11) is 0. The van der Waals surface area contributed by atoms with E-state index >= 15 is 0 Å². The first-order chi connectivity index (χ1) is 5.13. The van der Waals surface area contributed by atoms with E-state index in [1.54, 1.807) is 19.1 Å². The second kappa shape index (κ2) is 2.47. The standard InChI is InChI=1S/C7H7NO2/c1-6-3-2-4-7(5-6)8(9)10/h2-5H,1H3/i5D. The molecule has 3 nitrogen and oxygen atoms in total. The fourth-order valence-electron chi connectivity index (χ4n) is 0.675. The van der Waals surface area contributed by atoms with Gasteiger partial charge in [-0.3, -0.25) is 10.1 Å². The lowest BCUT2D eigenvalue weighted by molar-refractivity contribution is -0.384. The Morgan fingerprint density at radius 1 is 1.70 bits per heavy atom. The van der Waals surface area contributed by atoms with E-state index in [0.717, 1.165) is 0 Å². The minimum atomic E-state index is -0.546. The van der Waals surface area contributed by atoms with Gasteiger partial charge in [0.15, 0.2) is 0 Å². The minimum absolute atomic E-state index is 0.00231. The molecular formula is C7H7NO2. The third kappa shape index (κ3) is 1.31. The van der Waals surface area contributed by atoms with E-state index in [0.29, 0.717) is 5.56 Å². The summed E-state index contributed by atoms with van der Waals surface area (Å²) in [6.07, 6.45) is 0. The molecule has 52 valence electrons. The van der Waals surface area contributed by atoms with Gasteiger partial charge in [-0.1, -0.05) is 12.1 Å². The second-order valence-corrected chi connectivity index (χ2v) is 1.98. The molecule has 0 saturated heterocycles. The molecule has 0 saturated carbocycles. The molecule has 0 aliphatic rings. The monoisotopic (exact) mass is 138 g/mol. The minimum Gasteiger partial charge on any atom is -0.258 e. The Morgan fingerprint density at radius 3 is 2.90 bits per heavy atom. The molecule has 0 heterocycles. The Kier molecular flexibility index (Phi) is 1.34. The van der Waals surface area contributed by atoms with Gasteiger partial charge in [0.2, 0.25) is 0 Å². The third-order valence-corrected chi connectivity index (χ3v) is 1.12. The number of rotatable bonds is 1. The Labute approximate surface area is 59.9 Å². The lowest BCUT2D eigenvalue weighted by Gasteiger charge is -1.90. The van der Waals surface area contributed by atoms with E-state index in [1.807, 2.05) is 0 Å². The molecule has 1 aromatic carbocycles. The first-order valence-electron chi connectivity index (χ1n) is 3.33. The van der Waals surface area contributed by atoms with Gasteiger partial charge in [0.25, 0.3) is 5.69 Å². The second-order valence-electron chi connectivity index (χ2n) is 1.98. The molecule has 0 aliphatic heterocycles. The molecule has 0 aliphatic carbocycles. The zero-order chi connectivity index (χ0) is 8.43. The Morgan fingerprint density at radius 2 is 2.40 bits per heavy atom. The molecular weight excluding hydrogens is 130 g/mol. The topological polar surface area (TPSA) is 43.1 Å². The highest BCUT2D eigenvalue weighted by molar-refractivity contribution is 5.33. The van der Waals surface area contributed by atoms with Crippen molar-refractivity contribution in [1.29, 1.82) is 0 Å². The van der Waals surface area contributed by atoms with Crippen LogP contribution >= 0.6 is 0 Å². The summed E-state index contributed by atoms with van der Waals surface area (Å²) in [6, 6.07) is 4.58. The van der Waals surface area contributed by atoms with Crippen molar-refractivity contribution in [3.8, 4) is 0 Å². The van der Waals surface area contributed by atoms with Crippen LogP contribution in [0.4, 0.5) is 5.69 Å². The van der Waals surface area contributed by atoms with E-state index in [2.05, 4.69) is 0 Å². The lowest BCUT2D eigenvalue weighted by atomic mass is 10.2. The number of nitro benzene ring substituents is 1. The maximum absolute atomic E-state index is 10.3. The largest absolute Gasteiger partial charge is 0.269 e. The molecule has 0 radical (unpaired) electrons. The van der Waals surface area contributed by atoms with Gasteiger partial charge in [-0.25, -0.2) is 0 Å². The van der Waals surface area contributed by atoms with Crippen molar-refractivity contribution in [1.82, 2.24) is 0 Å². The van der Waals surface area contributed by atoms with Crippen molar-refractivity contribution in [3.63, 3.8) is 0 Å². The summed E-state index contributed by atoms with van der Waals surface area (Å²) in [6.45, 7) is 1.68. The molecule has 3 heteroatoms. The molecule has 0 unspecified atom stereocenters. The highest BCUT2D eigenvalue weighted by atomic mass is 16.6. The number of nitrogens with zero attached hydrogens (tertiary/aromatic N) is 1. The summed E-state index contributed by atoms with van der Waals surface area (Å²) in [5.41, 5.74) is 0.490. The fourth-order valence-corrected chi connectivity index (χ4v) is 0.675. The molecule has 1 aromatic rings. The van der Waals surface area contributed by atoms with Crippen LogP contribution in [0.25, 0.3) is 0 Å². The maximum Gasteiger partial charge on any atom is 0.269 e. The number of hydrogen-bond acceptors (Lipinski definition) is 2. The van der Waals surface area contributed by atoms with E-state index in [4.69, 9.17) is 1.37 Å². The molecule has 0 bridgehead atoms. The van der Waals surface area contributed by atoms with Gasteiger partial charge in [-0.15, -0.1) is 0 Å². The number of hydrogen-bond donors (Lipinski definition) is 0. The van der Waals surface area contributed by atoms with Crippen molar-refractivity contribution in [2.45, 2.75) is 6.92 Å². The fraction of sp³-hybridized carbons (Fsp3) is 0.143. The van der Waals surface area contributed by atoms with Gasteiger partial charge in [0, 0.05) is 12.1 Å². The van der Waals surface area contributed by atoms with Gasteiger partial charge in [0.1, 0.15) is 0 Å². The van der Waals surface area contributed by atoms with E-state index < -0.39 is 4.92 Å². The van der Waals surface area contributed by atoms with E-state index in [-0.39, 0.29) is 11.7 Å². The van der Waals surface area contributed by atoms with E-state index in [9.17, 15) is 10.1 Å². The van der Waals surface area contributed by atoms with Gasteiger partial charge >= 0.3 is 0 Å². The highest BCUT2D eigenvalue weighted by Gasteiger charge is 2.01. The summed E-state index contributed by atoms with van der Waals surface area (Å²) in [4.78, 5) is 9.71. The quantitative estimate of drug-likeness (QED) is 0.439. The highest BCUT2D eigenvalue weighted by Crippen LogP contribution is 2.11. The van der Waals surface area contributed by atoms with Crippen LogP contribution in [-0.4, -0.2) is 4.92 Å². The first kappa shape index (κ1) is 5.41. The Balaban J connectivity index is 3.27. The predicted octanol–water partition coefficient (Wildman–Crippen LogP) is 1.90. The maximum atomic E-state index is 10.3. The van der Waals surface area contributed by atoms with Crippen molar-refractivity contribution in [2.24, 2.45) is 0 Å². The van der Waals surface area contributed by atoms with Gasteiger partial charge < -0.3 is 0 Å². The zero-order valence-corrected chi connectivity index (χ0v) is 5.50. The van der Waals surface area contributed by atoms with E-state index in [1.165, 1.54) is 6.07 Å². The van der Waals surface area contributed by atoms with Crippen LogP contribution in [0, 0.1) is 17.0 Å². The normalized spacial score (nSPS) is 10.7. The molecule has 0 N–H and O–H groups in total. The summed E-state index contributed by atoms with van der Waals surface area (Å²) >= 11 is 0. The van der Waals surface area contributed by atoms with Crippen LogP contribution in [-0.2, 0) is 0 Å². The average molecular weight is 138 g/mol. The zero-order valence-electron chi connectivity index (χ0n) is 6.50. The van der Waals surface area contributed by atoms with Crippen molar-refractivity contribution in [2.75, 3.05) is 0 Å². The molecule has 0 aromatic heterocycles. The van der Waals surface area contributed by atoms with Crippen molar-refractivity contribution >= 4 is 5.69 Å². The van der Waals surface area contributed by atoms with Crippen molar-refractivity contribution in [3.05, 3.63) is 39.9 Å². The van der Waals surface area contributed by atoms with Crippen molar-refractivity contribution < 1.29 is 6.29 Å². The Bertz CT molecular complexity index is 298. The summed E-state index contributed by atoms with van der Waals surface area (Å²) in [5, 5.41) is 10.3. The Hall–Kier alpha value is -1.38. The number of aryl methyl sites for hydroxylation is 1. The predicted molar refractivity (Wildman–Crippen MR) is 37.8 cm³/mol. The van der Waals surface area contributed by atoms with Crippen LogP contribution in [0.2, 0.25) is 0 Å². The summed E-state index contributed by atoms with van der Waals surface area (Å²) < 4.78 is 7.28. The lowest BCUT2D eigenvalue weighted by Crippen LogP contribution is -1.86. The number of nitro groups is 1. The van der Waals surface area contributed by atoms with Crippen LogP contribution in [0.5, 0.6) is 0 Å². The third-order valence-electron chi connectivity index (χ3n) is 1.12. The first-order valence-corrected chi connectivity index (χ1v) is 2.83. The molecule has 0 atom stereocenters. The van der Waals surface area contributed by atoms with Crippen LogP contribution in [0.3, 0.4) is 0 Å². The average Bonchev–Trinajstić information content (AvgIpc) is 1.94. The SMILES string of the molecule is [2H]c1c(C)cccc1[N+](=O)[O-]. The molecule has 10 heavy (non-hydrogen) atoms. The molecule has 0 amide bonds. The molecule has 0 spiro atoms. The number of benzene rings is 1. The van der Waals surface area contributed by atoms with Gasteiger partial charge in [-0.2, -0.15) is 0 Å². The van der Waals surface area contributed by atoms with Gasteiger partial charge in [0.05, 0.1) is 6.29 Å². The molecule has 0 fully saturated rings. The van der Waals surface area contributed by atoms with Crippen LogP contribution in [0.15, 0.2) is 24.2 Å².